The molecule has 0 unspecified atom stereocenters. The summed E-state index contributed by atoms with van der Waals surface area (Å²) in [7, 11) is 0. The standard InChI is InChI=1S/C21H26N2/c1-16-7-11-18(12-8-16)20(3,4)22-15-23-21(5,6)19-13-9-17(2)10-14-19/h7-14H,1-6H3. The molecule has 0 heterocycles. The van der Waals surface area contributed by atoms with Crippen molar-refractivity contribution in [3.05, 3.63) is 70.8 Å². The monoisotopic (exact) mass is 306 g/mol. The highest BCUT2D eigenvalue weighted by Gasteiger charge is 2.20. The maximum atomic E-state index is 4.57. The van der Waals surface area contributed by atoms with Crippen molar-refractivity contribution in [2.45, 2.75) is 52.6 Å². The van der Waals surface area contributed by atoms with Crippen LogP contribution in [-0.2, 0) is 11.1 Å². The molecule has 0 saturated carbocycles. The van der Waals surface area contributed by atoms with Crippen LogP contribution in [0.2, 0.25) is 0 Å². The Morgan fingerprint density at radius 2 is 0.913 bits per heavy atom. The third-order valence-electron chi connectivity index (χ3n) is 4.18. The SMILES string of the molecule is Cc1ccc(C(C)(C)N=C=NC(C)(C)c2ccc(C)cc2)cc1. The van der Waals surface area contributed by atoms with Gasteiger partial charge in [0, 0.05) is 0 Å². The molecule has 23 heavy (non-hydrogen) atoms. The molecular weight excluding hydrogens is 280 g/mol. The van der Waals surface area contributed by atoms with E-state index in [1.807, 2.05) is 0 Å². The molecule has 0 atom stereocenters. The number of hydrogen-bond acceptors (Lipinski definition) is 2. The zero-order valence-electron chi connectivity index (χ0n) is 15.0. The largest absolute Gasteiger partial charge is 0.215 e. The zero-order valence-corrected chi connectivity index (χ0v) is 15.0. The topological polar surface area (TPSA) is 24.7 Å². The fraction of sp³-hybridized carbons (Fsp3) is 0.381. The predicted molar refractivity (Wildman–Crippen MR) is 98.3 cm³/mol. The van der Waals surface area contributed by atoms with E-state index < -0.39 is 0 Å². The molecular formula is C21H26N2. The van der Waals surface area contributed by atoms with Crippen molar-refractivity contribution in [2.75, 3.05) is 0 Å². The Balaban J connectivity index is 2.24. The Kier molecular flexibility index (Phi) is 4.87. The first-order chi connectivity index (χ1) is 10.7. The fourth-order valence-electron chi connectivity index (χ4n) is 2.33. The average Bonchev–Trinajstić information content (AvgIpc) is 2.47. The summed E-state index contributed by atoms with van der Waals surface area (Å²) in [6.45, 7) is 12.5. The summed E-state index contributed by atoms with van der Waals surface area (Å²) in [5.41, 5.74) is 4.17. The second kappa shape index (κ2) is 6.52. The molecule has 0 aliphatic rings. The highest BCUT2D eigenvalue weighted by molar-refractivity contribution is 5.46. The van der Waals surface area contributed by atoms with Gasteiger partial charge in [-0.25, -0.2) is 9.98 Å². The molecule has 120 valence electrons. The van der Waals surface area contributed by atoms with Crippen LogP contribution in [0.25, 0.3) is 0 Å². The summed E-state index contributed by atoms with van der Waals surface area (Å²) < 4.78 is 0. The molecule has 0 radical (unpaired) electrons. The maximum Gasteiger partial charge on any atom is 0.0910 e. The van der Waals surface area contributed by atoms with Gasteiger partial charge in [-0.3, -0.25) is 0 Å². The van der Waals surface area contributed by atoms with Crippen molar-refractivity contribution in [1.82, 2.24) is 0 Å². The average molecular weight is 306 g/mol. The van der Waals surface area contributed by atoms with Gasteiger partial charge in [-0.15, -0.1) is 0 Å². The van der Waals surface area contributed by atoms with E-state index in [1.165, 1.54) is 22.3 Å². The molecule has 0 spiro atoms. The molecule has 0 saturated heterocycles. The third kappa shape index (κ3) is 4.40. The van der Waals surface area contributed by atoms with E-state index in [0.717, 1.165) is 0 Å². The van der Waals surface area contributed by atoms with Crippen LogP contribution in [0.1, 0.15) is 49.9 Å². The minimum Gasteiger partial charge on any atom is -0.215 e. The Morgan fingerprint density at radius 3 is 1.22 bits per heavy atom. The summed E-state index contributed by atoms with van der Waals surface area (Å²) in [5, 5.41) is 0. The van der Waals surface area contributed by atoms with Gasteiger partial charge in [0.1, 0.15) is 0 Å². The van der Waals surface area contributed by atoms with Crippen molar-refractivity contribution in [3.8, 4) is 0 Å². The molecule has 0 aliphatic heterocycles. The Hall–Kier alpha value is -2.18. The van der Waals surface area contributed by atoms with Gasteiger partial charge in [0.2, 0.25) is 0 Å². The second-order valence-corrected chi connectivity index (χ2v) is 7.17. The number of aliphatic imine (C=N–C) groups is 2. The predicted octanol–water partition coefficient (Wildman–Crippen LogP) is 5.65. The van der Waals surface area contributed by atoms with Gasteiger partial charge in [0.05, 0.1) is 17.1 Å². The van der Waals surface area contributed by atoms with Crippen LogP contribution in [0.5, 0.6) is 0 Å². The van der Waals surface area contributed by atoms with Crippen molar-refractivity contribution >= 4 is 6.01 Å². The Labute approximate surface area is 140 Å². The molecule has 2 heteroatoms. The van der Waals surface area contributed by atoms with E-state index in [4.69, 9.17) is 0 Å². The molecule has 0 N–H and O–H groups in total. The fourth-order valence-corrected chi connectivity index (χ4v) is 2.33. The van der Waals surface area contributed by atoms with Crippen LogP contribution in [0, 0.1) is 13.8 Å². The molecule has 0 fully saturated rings. The maximum absolute atomic E-state index is 4.57. The van der Waals surface area contributed by atoms with Crippen LogP contribution in [0.15, 0.2) is 58.5 Å². The van der Waals surface area contributed by atoms with E-state index in [1.54, 1.807) is 0 Å². The third-order valence-corrected chi connectivity index (χ3v) is 4.18. The lowest BCUT2D eigenvalue weighted by molar-refractivity contribution is 0.545. The van der Waals surface area contributed by atoms with E-state index in [0.29, 0.717) is 0 Å². The van der Waals surface area contributed by atoms with Gasteiger partial charge in [-0.2, -0.15) is 0 Å². The molecule has 0 bridgehead atoms. The molecule has 0 aromatic heterocycles. The van der Waals surface area contributed by atoms with Crippen LogP contribution >= 0.6 is 0 Å². The molecule has 0 aliphatic carbocycles. The van der Waals surface area contributed by atoms with Crippen molar-refractivity contribution in [2.24, 2.45) is 9.98 Å². The van der Waals surface area contributed by atoms with Crippen LogP contribution in [0.3, 0.4) is 0 Å². The summed E-state index contributed by atoms with van der Waals surface area (Å²) >= 11 is 0. The number of aryl methyl sites for hydroxylation is 2. The van der Waals surface area contributed by atoms with E-state index >= 15 is 0 Å². The first-order valence-electron chi connectivity index (χ1n) is 8.04. The smallest absolute Gasteiger partial charge is 0.0910 e. The van der Waals surface area contributed by atoms with Crippen molar-refractivity contribution in [3.63, 3.8) is 0 Å². The lowest BCUT2D eigenvalue weighted by Crippen LogP contribution is -2.15. The lowest BCUT2D eigenvalue weighted by atomic mass is 9.94. The number of nitrogens with zero attached hydrogens (tertiary/aromatic N) is 2. The van der Waals surface area contributed by atoms with E-state index in [-0.39, 0.29) is 11.1 Å². The number of rotatable bonds is 4. The molecule has 2 aromatic rings. The normalized spacial score (nSPS) is 11.7. The molecule has 2 aromatic carbocycles. The van der Waals surface area contributed by atoms with Gasteiger partial charge in [-0.1, -0.05) is 59.7 Å². The minimum atomic E-state index is -0.333. The quantitative estimate of drug-likeness (QED) is 0.652. The Bertz CT molecular complexity index is 652. The van der Waals surface area contributed by atoms with Gasteiger partial charge >= 0.3 is 0 Å². The number of hydrogen-bond donors (Lipinski definition) is 0. The minimum absolute atomic E-state index is 0.333. The second-order valence-electron chi connectivity index (χ2n) is 7.17. The summed E-state index contributed by atoms with van der Waals surface area (Å²) in [5.74, 6) is 0. The van der Waals surface area contributed by atoms with Gasteiger partial charge in [-0.05, 0) is 52.7 Å². The van der Waals surface area contributed by atoms with E-state index in [9.17, 15) is 0 Å². The van der Waals surface area contributed by atoms with Crippen LogP contribution in [-0.4, -0.2) is 6.01 Å². The van der Waals surface area contributed by atoms with Crippen LogP contribution in [0.4, 0.5) is 0 Å². The highest BCUT2D eigenvalue weighted by atomic mass is 14.9. The summed E-state index contributed by atoms with van der Waals surface area (Å²) in [6.07, 6.45) is 0. The van der Waals surface area contributed by atoms with Crippen molar-refractivity contribution < 1.29 is 0 Å². The molecule has 0 amide bonds. The van der Waals surface area contributed by atoms with Gasteiger partial charge in [0.15, 0.2) is 0 Å². The van der Waals surface area contributed by atoms with Crippen molar-refractivity contribution in [1.29, 1.82) is 0 Å². The van der Waals surface area contributed by atoms with Gasteiger partial charge in [0.25, 0.3) is 0 Å². The van der Waals surface area contributed by atoms with Crippen LogP contribution < -0.4 is 0 Å². The molecule has 2 nitrogen and oxygen atoms in total. The zero-order chi connectivity index (χ0) is 17.1. The summed E-state index contributed by atoms with van der Waals surface area (Å²) in [6, 6.07) is 19.9. The summed E-state index contributed by atoms with van der Waals surface area (Å²) in [4.78, 5) is 9.14. The van der Waals surface area contributed by atoms with Gasteiger partial charge < -0.3 is 0 Å². The highest BCUT2D eigenvalue weighted by Crippen LogP contribution is 2.26. The lowest BCUT2D eigenvalue weighted by Gasteiger charge is -2.20. The first-order valence-corrected chi connectivity index (χ1v) is 8.04. The Morgan fingerprint density at radius 1 is 0.609 bits per heavy atom. The first kappa shape index (κ1) is 17.2. The van der Waals surface area contributed by atoms with E-state index in [2.05, 4.69) is 106 Å². The molecule has 2 rings (SSSR count). The number of benzene rings is 2.